The molecule has 1 fully saturated rings. The van der Waals surface area contributed by atoms with Crippen LogP contribution in [0, 0.1) is 11.8 Å². The van der Waals surface area contributed by atoms with Crippen LogP contribution in [0.25, 0.3) is 0 Å². The second-order valence-electron chi connectivity index (χ2n) is 3.60. The smallest absolute Gasteiger partial charge is 0.159 e. The van der Waals surface area contributed by atoms with E-state index in [0.29, 0.717) is 6.54 Å². The third kappa shape index (κ3) is 1.61. The van der Waals surface area contributed by atoms with Crippen molar-refractivity contribution in [2.75, 3.05) is 6.54 Å². The Labute approximate surface area is 72.9 Å². The van der Waals surface area contributed by atoms with E-state index in [4.69, 9.17) is 16.2 Å². The monoisotopic (exact) mass is 174 g/mol. The molecular formula is C8H18N2O2. The Morgan fingerprint density at radius 3 is 2.42 bits per heavy atom. The molecule has 0 bridgehead atoms. The zero-order valence-corrected chi connectivity index (χ0v) is 7.60. The minimum Gasteiger partial charge on any atom is -0.368 e. The lowest BCUT2D eigenvalue weighted by Crippen LogP contribution is -2.54. The van der Waals surface area contributed by atoms with Gasteiger partial charge in [0.15, 0.2) is 6.29 Å². The molecule has 0 saturated carbocycles. The van der Waals surface area contributed by atoms with Gasteiger partial charge in [-0.05, 0) is 5.92 Å². The number of ether oxygens (including phenoxy) is 1. The molecule has 0 aromatic carbocycles. The number of hydrogen-bond donors (Lipinski definition) is 3. The van der Waals surface area contributed by atoms with E-state index in [1.54, 1.807) is 0 Å². The van der Waals surface area contributed by atoms with Crippen LogP contribution in [0.15, 0.2) is 0 Å². The summed E-state index contributed by atoms with van der Waals surface area (Å²) in [5.41, 5.74) is 11.4. The summed E-state index contributed by atoms with van der Waals surface area (Å²) < 4.78 is 5.28. The van der Waals surface area contributed by atoms with E-state index in [-0.39, 0.29) is 24.0 Å². The molecule has 0 aromatic rings. The molecule has 4 nitrogen and oxygen atoms in total. The molecule has 0 amide bonds. The molecule has 1 aliphatic heterocycles. The lowest BCUT2D eigenvalue weighted by molar-refractivity contribution is -0.209. The lowest BCUT2D eigenvalue weighted by atomic mass is 9.84. The van der Waals surface area contributed by atoms with Gasteiger partial charge in [0.2, 0.25) is 0 Å². The molecule has 5 unspecified atom stereocenters. The van der Waals surface area contributed by atoms with Crippen LogP contribution >= 0.6 is 0 Å². The van der Waals surface area contributed by atoms with Crippen LogP contribution in [0.3, 0.4) is 0 Å². The third-order valence-electron chi connectivity index (χ3n) is 2.80. The van der Waals surface area contributed by atoms with E-state index in [2.05, 4.69) is 0 Å². The standard InChI is InChI=1S/C8H18N2O2/c1-4-6(3-9)12-8(11)5(2)7(4)10/h4-8,11H,3,9-10H2,1-2H3. The highest BCUT2D eigenvalue weighted by atomic mass is 16.6. The highest BCUT2D eigenvalue weighted by molar-refractivity contribution is 4.87. The predicted molar refractivity (Wildman–Crippen MR) is 46.2 cm³/mol. The summed E-state index contributed by atoms with van der Waals surface area (Å²) in [7, 11) is 0. The van der Waals surface area contributed by atoms with Crippen molar-refractivity contribution in [1.82, 2.24) is 0 Å². The molecule has 0 radical (unpaired) electrons. The first kappa shape index (κ1) is 9.92. The molecule has 4 heteroatoms. The van der Waals surface area contributed by atoms with Crippen molar-refractivity contribution in [2.24, 2.45) is 23.3 Å². The number of rotatable bonds is 1. The largest absolute Gasteiger partial charge is 0.368 e. The van der Waals surface area contributed by atoms with Crippen LogP contribution in [0.2, 0.25) is 0 Å². The first-order chi connectivity index (χ1) is 5.57. The third-order valence-corrected chi connectivity index (χ3v) is 2.80. The highest BCUT2D eigenvalue weighted by Crippen LogP contribution is 2.26. The number of nitrogens with two attached hydrogens (primary N) is 2. The van der Waals surface area contributed by atoms with Crippen molar-refractivity contribution in [3.05, 3.63) is 0 Å². The fraction of sp³-hybridized carbons (Fsp3) is 1.00. The molecule has 0 aliphatic carbocycles. The fourth-order valence-electron chi connectivity index (χ4n) is 1.61. The van der Waals surface area contributed by atoms with Crippen LogP contribution < -0.4 is 11.5 Å². The van der Waals surface area contributed by atoms with Gasteiger partial charge < -0.3 is 21.3 Å². The van der Waals surface area contributed by atoms with Crippen LogP contribution in [0.5, 0.6) is 0 Å². The quantitative estimate of drug-likeness (QED) is 0.489. The molecule has 1 heterocycles. The Hall–Kier alpha value is -0.160. The molecular weight excluding hydrogens is 156 g/mol. The average Bonchev–Trinajstić information content (AvgIpc) is 2.08. The molecule has 5 N–H and O–H groups in total. The maximum Gasteiger partial charge on any atom is 0.159 e. The lowest BCUT2D eigenvalue weighted by Gasteiger charge is -2.40. The summed E-state index contributed by atoms with van der Waals surface area (Å²) in [6.07, 6.45) is -0.865. The number of aliphatic hydroxyl groups excluding tert-OH is 1. The van der Waals surface area contributed by atoms with Crippen LogP contribution in [-0.2, 0) is 4.74 Å². The summed E-state index contributed by atoms with van der Waals surface area (Å²) in [6.45, 7) is 4.31. The molecule has 5 atom stereocenters. The van der Waals surface area contributed by atoms with Gasteiger partial charge in [-0.2, -0.15) is 0 Å². The summed E-state index contributed by atoms with van der Waals surface area (Å²) in [5, 5.41) is 9.41. The molecule has 1 rings (SSSR count). The first-order valence-corrected chi connectivity index (χ1v) is 4.37. The van der Waals surface area contributed by atoms with Gasteiger partial charge in [0, 0.05) is 18.5 Å². The summed E-state index contributed by atoms with van der Waals surface area (Å²) >= 11 is 0. The van der Waals surface area contributed by atoms with Crippen molar-refractivity contribution < 1.29 is 9.84 Å². The molecule has 1 aliphatic rings. The van der Waals surface area contributed by atoms with Gasteiger partial charge in [-0.1, -0.05) is 13.8 Å². The van der Waals surface area contributed by atoms with Crippen molar-refractivity contribution in [3.8, 4) is 0 Å². The Morgan fingerprint density at radius 2 is 1.92 bits per heavy atom. The van der Waals surface area contributed by atoms with Crippen LogP contribution in [0.1, 0.15) is 13.8 Å². The van der Waals surface area contributed by atoms with E-state index in [9.17, 15) is 5.11 Å². The van der Waals surface area contributed by atoms with E-state index in [1.165, 1.54) is 0 Å². The van der Waals surface area contributed by atoms with Gasteiger partial charge in [-0.15, -0.1) is 0 Å². The van der Waals surface area contributed by atoms with Gasteiger partial charge in [0.1, 0.15) is 0 Å². The SMILES string of the molecule is CC1C(O)OC(CN)C(C)C1N. The predicted octanol–water partition coefficient (Wildman–Crippen LogP) is -0.738. The van der Waals surface area contributed by atoms with Crippen LogP contribution in [-0.4, -0.2) is 30.1 Å². The normalized spacial score (nSPS) is 49.2. The minimum atomic E-state index is -0.759. The minimum absolute atomic E-state index is 0.0113. The van der Waals surface area contributed by atoms with E-state index in [1.807, 2.05) is 13.8 Å². The second-order valence-corrected chi connectivity index (χ2v) is 3.60. The Bertz CT molecular complexity index is 149. The van der Waals surface area contributed by atoms with E-state index >= 15 is 0 Å². The Kier molecular flexibility index (Phi) is 3.06. The van der Waals surface area contributed by atoms with E-state index < -0.39 is 6.29 Å². The number of aliphatic hydroxyl groups is 1. The summed E-state index contributed by atoms with van der Waals surface area (Å²) in [6, 6.07) is -0.0256. The van der Waals surface area contributed by atoms with Gasteiger partial charge in [0.05, 0.1) is 6.10 Å². The molecule has 12 heavy (non-hydrogen) atoms. The van der Waals surface area contributed by atoms with Crippen molar-refractivity contribution in [1.29, 1.82) is 0 Å². The molecule has 1 saturated heterocycles. The maximum atomic E-state index is 9.41. The van der Waals surface area contributed by atoms with E-state index in [0.717, 1.165) is 0 Å². The zero-order chi connectivity index (χ0) is 9.30. The fourth-order valence-corrected chi connectivity index (χ4v) is 1.61. The average molecular weight is 174 g/mol. The Balaban J connectivity index is 2.63. The van der Waals surface area contributed by atoms with Crippen molar-refractivity contribution >= 4 is 0 Å². The first-order valence-electron chi connectivity index (χ1n) is 4.37. The van der Waals surface area contributed by atoms with Crippen molar-refractivity contribution in [2.45, 2.75) is 32.3 Å². The molecule has 0 spiro atoms. The van der Waals surface area contributed by atoms with Crippen molar-refractivity contribution in [3.63, 3.8) is 0 Å². The van der Waals surface area contributed by atoms with Crippen LogP contribution in [0.4, 0.5) is 0 Å². The topological polar surface area (TPSA) is 81.5 Å². The molecule has 72 valence electrons. The van der Waals surface area contributed by atoms with Gasteiger partial charge in [-0.25, -0.2) is 0 Å². The zero-order valence-electron chi connectivity index (χ0n) is 7.60. The summed E-state index contributed by atoms with van der Waals surface area (Å²) in [5.74, 6) is 0.205. The summed E-state index contributed by atoms with van der Waals surface area (Å²) in [4.78, 5) is 0. The van der Waals surface area contributed by atoms with Gasteiger partial charge >= 0.3 is 0 Å². The number of hydrogen-bond acceptors (Lipinski definition) is 4. The Morgan fingerprint density at radius 1 is 1.33 bits per heavy atom. The maximum absolute atomic E-state index is 9.41. The van der Waals surface area contributed by atoms with Gasteiger partial charge in [-0.3, -0.25) is 0 Å². The second kappa shape index (κ2) is 3.70. The highest BCUT2D eigenvalue weighted by Gasteiger charge is 2.37. The van der Waals surface area contributed by atoms with Gasteiger partial charge in [0.25, 0.3) is 0 Å². The molecule has 0 aromatic heterocycles.